The standard InChI is InChI=1S/C14H8F2INO3S/c15-10-2-3-11(13(16)14(10)17)18-22(19,20)9-1-4-12-8(7-9)5-6-21-12/h1-7,18H. The molecule has 0 bridgehead atoms. The average Bonchev–Trinajstić information content (AvgIpc) is 2.95. The van der Waals surface area contributed by atoms with E-state index in [0.29, 0.717) is 11.0 Å². The number of anilines is 1. The third-order valence-electron chi connectivity index (χ3n) is 3.01. The molecule has 0 saturated heterocycles. The van der Waals surface area contributed by atoms with E-state index in [0.717, 1.165) is 12.1 Å². The van der Waals surface area contributed by atoms with Crippen LogP contribution in [-0.4, -0.2) is 8.42 Å². The fourth-order valence-corrected chi connectivity index (χ4v) is 3.48. The Kier molecular flexibility index (Phi) is 3.81. The van der Waals surface area contributed by atoms with Gasteiger partial charge in [-0.3, -0.25) is 4.72 Å². The predicted octanol–water partition coefficient (Wildman–Crippen LogP) is 4.12. The number of nitrogens with one attached hydrogen (secondary N) is 1. The maximum absolute atomic E-state index is 13.9. The van der Waals surface area contributed by atoms with Gasteiger partial charge in [0.15, 0.2) is 5.82 Å². The Morgan fingerprint density at radius 1 is 1.09 bits per heavy atom. The minimum Gasteiger partial charge on any atom is -0.464 e. The smallest absolute Gasteiger partial charge is 0.262 e. The first kappa shape index (κ1) is 15.2. The van der Waals surface area contributed by atoms with Crippen LogP contribution < -0.4 is 4.72 Å². The van der Waals surface area contributed by atoms with Crippen molar-refractivity contribution in [3.05, 3.63) is 57.9 Å². The van der Waals surface area contributed by atoms with Gasteiger partial charge < -0.3 is 4.42 Å². The van der Waals surface area contributed by atoms with Crippen LogP contribution >= 0.6 is 22.6 Å². The van der Waals surface area contributed by atoms with Gasteiger partial charge >= 0.3 is 0 Å². The number of hydrogen-bond donors (Lipinski definition) is 1. The monoisotopic (exact) mass is 435 g/mol. The highest BCUT2D eigenvalue weighted by atomic mass is 127. The van der Waals surface area contributed by atoms with Crippen LogP contribution in [-0.2, 0) is 10.0 Å². The number of benzene rings is 2. The molecule has 0 radical (unpaired) electrons. The quantitative estimate of drug-likeness (QED) is 0.498. The van der Waals surface area contributed by atoms with Crippen LogP contribution in [0.3, 0.4) is 0 Å². The summed E-state index contributed by atoms with van der Waals surface area (Å²) < 4.78 is 58.7. The topological polar surface area (TPSA) is 59.3 Å². The summed E-state index contributed by atoms with van der Waals surface area (Å²) >= 11 is 1.47. The molecule has 0 unspecified atom stereocenters. The van der Waals surface area contributed by atoms with Gasteiger partial charge in [0, 0.05) is 5.39 Å². The number of halogens is 3. The summed E-state index contributed by atoms with van der Waals surface area (Å²) in [7, 11) is -3.99. The zero-order chi connectivity index (χ0) is 15.9. The first-order chi connectivity index (χ1) is 10.4. The molecule has 4 nitrogen and oxygen atoms in total. The Morgan fingerprint density at radius 2 is 1.86 bits per heavy atom. The lowest BCUT2D eigenvalue weighted by molar-refractivity contribution is 0.571. The summed E-state index contributed by atoms with van der Waals surface area (Å²) in [5, 5.41) is 0.608. The molecule has 0 amide bonds. The van der Waals surface area contributed by atoms with Crippen LogP contribution in [0.4, 0.5) is 14.5 Å². The summed E-state index contributed by atoms with van der Waals surface area (Å²) in [5.74, 6) is -1.70. The number of sulfonamides is 1. The van der Waals surface area contributed by atoms with E-state index in [1.54, 1.807) is 6.07 Å². The minimum atomic E-state index is -3.99. The maximum Gasteiger partial charge on any atom is 0.262 e. The van der Waals surface area contributed by atoms with E-state index >= 15 is 0 Å². The number of fused-ring (bicyclic) bond motifs is 1. The van der Waals surface area contributed by atoms with Crippen molar-refractivity contribution in [3.8, 4) is 0 Å². The van der Waals surface area contributed by atoms with Gasteiger partial charge in [0.25, 0.3) is 10.0 Å². The number of rotatable bonds is 3. The van der Waals surface area contributed by atoms with Crippen LogP contribution in [0.15, 0.2) is 52.0 Å². The lowest BCUT2D eigenvalue weighted by Gasteiger charge is -2.10. The Labute approximate surface area is 138 Å². The second-order valence-corrected chi connectivity index (χ2v) is 7.21. The zero-order valence-electron chi connectivity index (χ0n) is 10.8. The highest BCUT2D eigenvalue weighted by molar-refractivity contribution is 14.1. The van der Waals surface area contributed by atoms with E-state index in [9.17, 15) is 17.2 Å². The van der Waals surface area contributed by atoms with Crippen LogP contribution in [0.5, 0.6) is 0 Å². The molecule has 0 fully saturated rings. The Morgan fingerprint density at radius 3 is 2.64 bits per heavy atom. The highest BCUT2D eigenvalue weighted by Crippen LogP contribution is 2.26. The molecular formula is C14H8F2INO3S. The third-order valence-corrected chi connectivity index (χ3v) is 5.37. The van der Waals surface area contributed by atoms with Crippen LogP contribution in [0.1, 0.15) is 0 Å². The van der Waals surface area contributed by atoms with Crippen molar-refractivity contribution in [2.45, 2.75) is 4.90 Å². The van der Waals surface area contributed by atoms with Crippen molar-refractivity contribution in [1.82, 2.24) is 0 Å². The van der Waals surface area contributed by atoms with Crippen molar-refractivity contribution in [2.24, 2.45) is 0 Å². The second-order valence-electron chi connectivity index (χ2n) is 4.45. The molecule has 114 valence electrons. The molecule has 0 spiro atoms. The molecule has 0 aliphatic heterocycles. The van der Waals surface area contributed by atoms with Gasteiger partial charge in [-0.2, -0.15) is 0 Å². The van der Waals surface area contributed by atoms with E-state index in [1.807, 2.05) is 0 Å². The van der Waals surface area contributed by atoms with E-state index in [2.05, 4.69) is 4.72 Å². The summed E-state index contributed by atoms with van der Waals surface area (Å²) in [4.78, 5) is -0.0415. The highest BCUT2D eigenvalue weighted by Gasteiger charge is 2.19. The van der Waals surface area contributed by atoms with Crippen molar-refractivity contribution < 1.29 is 21.6 Å². The van der Waals surface area contributed by atoms with Gasteiger partial charge in [-0.25, -0.2) is 17.2 Å². The molecule has 2 aromatic carbocycles. The third kappa shape index (κ3) is 2.68. The molecule has 0 atom stereocenters. The molecule has 1 aromatic heterocycles. The number of hydrogen-bond acceptors (Lipinski definition) is 3. The summed E-state index contributed by atoms with van der Waals surface area (Å²) in [6, 6.07) is 7.93. The SMILES string of the molecule is O=S(=O)(Nc1ccc(F)c(I)c1F)c1ccc2occc2c1. The largest absolute Gasteiger partial charge is 0.464 e. The van der Waals surface area contributed by atoms with E-state index in [1.165, 1.54) is 47.1 Å². The van der Waals surface area contributed by atoms with Crippen LogP contribution in [0.2, 0.25) is 0 Å². The van der Waals surface area contributed by atoms with Crippen LogP contribution in [0, 0.1) is 15.2 Å². The van der Waals surface area contributed by atoms with E-state index in [-0.39, 0.29) is 14.2 Å². The first-order valence-corrected chi connectivity index (χ1v) is 8.58. The molecule has 22 heavy (non-hydrogen) atoms. The van der Waals surface area contributed by atoms with Crippen molar-refractivity contribution in [1.29, 1.82) is 0 Å². The molecule has 0 saturated carbocycles. The van der Waals surface area contributed by atoms with Crippen LogP contribution in [0.25, 0.3) is 11.0 Å². The predicted molar refractivity (Wildman–Crippen MR) is 86.1 cm³/mol. The minimum absolute atomic E-state index is 0.0415. The van der Waals surface area contributed by atoms with Gasteiger partial charge in [0.1, 0.15) is 11.4 Å². The first-order valence-electron chi connectivity index (χ1n) is 6.02. The molecular weight excluding hydrogens is 427 g/mol. The van der Waals surface area contributed by atoms with Gasteiger partial charge in [0.2, 0.25) is 0 Å². The van der Waals surface area contributed by atoms with E-state index in [4.69, 9.17) is 4.42 Å². The second kappa shape index (κ2) is 5.51. The average molecular weight is 435 g/mol. The van der Waals surface area contributed by atoms with Gasteiger partial charge in [-0.1, -0.05) is 0 Å². The summed E-state index contributed by atoms with van der Waals surface area (Å²) in [6.45, 7) is 0. The van der Waals surface area contributed by atoms with E-state index < -0.39 is 21.7 Å². The lowest BCUT2D eigenvalue weighted by Crippen LogP contribution is -2.14. The van der Waals surface area contributed by atoms with Gasteiger partial charge in [-0.05, 0) is 59.0 Å². The van der Waals surface area contributed by atoms with Crippen molar-refractivity contribution in [3.63, 3.8) is 0 Å². The molecule has 1 N–H and O–H groups in total. The molecule has 0 aliphatic rings. The van der Waals surface area contributed by atoms with Gasteiger partial charge in [0.05, 0.1) is 20.4 Å². The Hall–Kier alpha value is -1.68. The van der Waals surface area contributed by atoms with Crippen molar-refractivity contribution in [2.75, 3.05) is 4.72 Å². The molecule has 1 heterocycles. The summed E-state index contributed by atoms with van der Waals surface area (Å²) in [6.07, 6.45) is 1.44. The molecule has 3 aromatic rings. The molecule has 0 aliphatic carbocycles. The zero-order valence-corrected chi connectivity index (χ0v) is 13.8. The Bertz CT molecular complexity index is 969. The molecule has 3 rings (SSSR count). The summed E-state index contributed by atoms with van der Waals surface area (Å²) in [5.41, 5.74) is 0.236. The van der Waals surface area contributed by atoms with Crippen molar-refractivity contribution >= 4 is 49.3 Å². The fraction of sp³-hybridized carbons (Fsp3) is 0. The van der Waals surface area contributed by atoms with Gasteiger partial charge in [-0.15, -0.1) is 0 Å². The maximum atomic E-state index is 13.9. The Balaban J connectivity index is 2.01. The molecule has 8 heteroatoms. The fourth-order valence-electron chi connectivity index (χ4n) is 1.92. The lowest BCUT2D eigenvalue weighted by atomic mass is 10.3. The number of furan rings is 1. The normalized spacial score (nSPS) is 11.8.